The molecule has 2 N–H and O–H groups in total. The molecule has 0 saturated carbocycles. The molecule has 0 unspecified atom stereocenters. The van der Waals surface area contributed by atoms with Gasteiger partial charge in [-0.3, -0.25) is 0 Å². The second-order valence-corrected chi connectivity index (χ2v) is 2.48. The normalized spacial score (nSPS) is 9.73. The van der Waals surface area contributed by atoms with Crippen molar-refractivity contribution in [3.63, 3.8) is 0 Å². The summed E-state index contributed by atoms with van der Waals surface area (Å²) >= 11 is 10.5. The van der Waals surface area contributed by atoms with Crippen LogP contribution in [-0.2, 0) is 0 Å². The van der Waals surface area contributed by atoms with Crippen LogP contribution in [-0.4, -0.2) is 17.3 Å². The van der Waals surface area contributed by atoms with Gasteiger partial charge in [0.2, 0.25) is 0 Å². The molecule has 0 radical (unpaired) electrons. The van der Waals surface area contributed by atoms with Crippen molar-refractivity contribution in [1.29, 1.82) is 0 Å². The van der Waals surface area contributed by atoms with Crippen LogP contribution in [0.1, 0.15) is 6.92 Å². The van der Waals surface area contributed by atoms with E-state index < -0.39 is 6.03 Å². The maximum atomic E-state index is 10.5. The molecule has 0 atom stereocenters. The van der Waals surface area contributed by atoms with Gasteiger partial charge in [0.15, 0.2) is 0 Å². The van der Waals surface area contributed by atoms with E-state index in [-0.39, 0.29) is 4.49 Å². The number of hydrogen-bond donors (Lipinski definition) is 1. The molecule has 6 heteroatoms. The lowest BCUT2D eigenvalue weighted by Gasteiger charge is -2.06. The second-order valence-electron chi connectivity index (χ2n) is 1.48. The second kappa shape index (κ2) is 4.98. The van der Waals surface area contributed by atoms with Crippen molar-refractivity contribution in [3.8, 4) is 0 Å². The first-order valence-electron chi connectivity index (χ1n) is 2.68. The Labute approximate surface area is 74.2 Å². The SMILES string of the molecule is C/C=N/N(C=C(Cl)Cl)C(N)=O. The van der Waals surface area contributed by atoms with Crippen LogP contribution in [0.2, 0.25) is 0 Å². The third-order valence-electron chi connectivity index (χ3n) is 0.686. The van der Waals surface area contributed by atoms with E-state index in [4.69, 9.17) is 28.9 Å². The van der Waals surface area contributed by atoms with E-state index in [1.807, 2.05) is 0 Å². The highest BCUT2D eigenvalue weighted by molar-refractivity contribution is 6.55. The quantitative estimate of drug-likeness (QED) is 0.529. The number of amides is 2. The number of carbonyl (C=O) groups excluding carboxylic acids is 1. The maximum absolute atomic E-state index is 10.5. The molecule has 0 bridgehead atoms. The third-order valence-corrected chi connectivity index (χ3v) is 0.881. The molecular weight excluding hydrogens is 189 g/mol. The molecule has 0 aromatic rings. The number of primary amides is 1. The minimum absolute atomic E-state index is 0.0885. The maximum Gasteiger partial charge on any atom is 0.339 e. The number of hydrazone groups is 1. The lowest BCUT2D eigenvalue weighted by atomic mass is 10.8. The number of rotatable bonds is 2. The van der Waals surface area contributed by atoms with Crippen LogP contribution in [0.25, 0.3) is 0 Å². The van der Waals surface area contributed by atoms with Crippen LogP contribution >= 0.6 is 23.2 Å². The lowest BCUT2D eigenvalue weighted by molar-refractivity contribution is 0.226. The van der Waals surface area contributed by atoms with E-state index in [0.717, 1.165) is 11.2 Å². The summed E-state index contributed by atoms with van der Waals surface area (Å²) in [7, 11) is 0. The zero-order valence-corrected chi connectivity index (χ0v) is 7.30. The Morgan fingerprint density at radius 3 is 2.45 bits per heavy atom. The Bertz CT molecular complexity index is 198. The Morgan fingerprint density at radius 1 is 1.64 bits per heavy atom. The molecule has 4 nitrogen and oxygen atoms in total. The average molecular weight is 196 g/mol. The minimum atomic E-state index is -0.748. The molecule has 11 heavy (non-hydrogen) atoms. The molecule has 0 aromatic carbocycles. The molecule has 0 aliphatic heterocycles. The summed E-state index contributed by atoms with van der Waals surface area (Å²) in [6, 6.07) is -0.748. The van der Waals surface area contributed by atoms with Crippen molar-refractivity contribution in [1.82, 2.24) is 5.01 Å². The highest BCUT2D eigenvalue weighted by atomic mass is 35.5. The van der Waals surface area contributed by atoms with Crippen molar-refractivity contribution in [2.45, 2.75) is 6.92 Å². The standard InChI is InChI=1S/C5H7Cl2N3O/c1-2-9-10(5(8)11)3-4(6)7/h2-3H,1H3,(H2,8,11)/b9-2+. The number of halogens is 2. The van der Waals surface area contributed by atoms with E-state index in [1.165, 1.54) is 6.21 Å². The molecule has 0 spiro atoms. The summed E-state index contributed by atoms with van der Waals surface area (Å²) in [6.45, 7) is 1.63. The van der Waals surface area contributed by atoms with Gasteiger partial charge in [-0.15, -0.1) is 0 Å². The van der Waals surface area contributed by atoms with Crippen LogP contribution in [0.3, 0.4) is 0 Å². The molecule has 0 heterocycles. The van der Waals surface area contributed by atoms with Crippen molar-refractivity contribution in [2.75, 3.05) is 0 Å². The van der Waals surface area contributed by atoms with Crippen LogP contribution in [0.4, 0.5) is 4.79 Å². The number of carbonyl (C=O) groups is 1. The van der Waals surface area contributed by atoms with Crippen molar-refractivity contribution >= 4 is 35.4 Å². The van der Waals surface area contributed by atoms with Gasteiger partial charge >= 0.3 is 6.03 Å². The third kappa shape index (κ3) is 4.64. The zero-order chi connectivity index (χ0) is 8.85. The van der Waals surface area contributed by atoms with E-state index in [9.17, 15) is 4.79 Å². The molecule has 0 aliphatic rings. The van der Waals surface area contributed by atoms with Gasteiger partial charge in [0.1, 0.15) is 4.49 Å². The summed E-state index contributed by atoms with van der Waals surface area (Å²) < 4.78 is -0.0885. The molecule has 0 rings (SSSR count). The highest BCUT2D eigenvalue weighted by Crippen LogP contribution is 2.07. The fraction of sp³-hybridized carbons (Fsp3) is 0.200. The van der Waals surface area contributed by atoms with E-state index in [0.29, 0.717) is 0 Å². The average Bonchev–Trinajstić information content (AvgIpc) is 1.86. The number of nitrogens with two attached hydrogens (primary N) is 1. The molecule has 0 aromatic heterocycles. The highest BCUT2D eigenvalue weighted by Gasteiger charge is 2.02. The molecule has 2 amide bonds. The van der Waals surface area contributed by atoms with Crippen LogP contribution in [0.15, 0.2) is 15.8 Å². The number of hydrogen-bond acceptors (Lipinski definition) is 2. The predicted octanol–water partition coefficient (Wildman–Crippen LogP) is 1.65. The molecule has 0 saturated heterocycles. The van der Waals surface area contributed by atoms with Gasteiger partial charge in [-0.25, -0.2) is 4.79 Å². The van der Waals surface area contributed by atoms with E-state index in [1.54, 1.807) is 6.92 Å². The van der Waals surface area contributed by atoms with Gasteiger partial charge in [-0.05, 0) is 6.92 Å². The van der Waals surface area contributed by atoms with Crippen LogP contribution in [0, 0.1) is 0 Å². The predicted molar refractivity (Wildman–Crippen MR) is 45.4 cm³/mol. The van der Waals surface area contributed by atoms with Crippen LogP contribution < -0.4 is 5.73 Å². The zero-order valence-electron chi connectivity index (χ0n) is 5.79. The smallest absolute Gasteiger partial charge is 0.339 e. The summed E-state index contributed by atoms with van der Waals surface area (Å²) in [5, 5.41) is 4.38. The van der Waals surface area contributed by atoms with Crippen molar-refractivity contribution in [2.24, 2.45) is 10.8 Å². The van der Waals surface area contributed by atoms with E-state index >= 15 is 0 Å². The summed E-state index contributed by atoms with van der Waals surface area (Å²) in [5.41, 5.74) is 4.88. The lowest BCUT2D eigenvalue weighted by Crippen LogP contribution is -2.26. The first-order chi connectivity index (χ1) is 5.07. The van der Waals surface area contributed by atoms with Gasteiger partial charge in [0.05, 0.1) is 6.20 Å². The molecule has 62 valence electrons. The molecule has 0 aliphatic carbocycles. The van der Waals surface area contributed by atoms with Gasteiger partial charge < -0.3 is 5.73 Å². The van der Waals surface area contributed by atoms with Crippen LogP contribution in [0.5, 0.6) is 0 Å². The Balaban J connectivity index is 4.36. The fourth-order valence-electron chi connectivity index (χ4n) is 0.371. The Kier molecular flexibility index (Phi) is 4.65. The first-order valence-corrected chi connectivity index (χ1v) is 3.43. The van der Waals surface area contributed by atoms with Crippen molar-refractivity contribution in [3.05, 3.63) is 10.7 Å². The topological polar surface area (TPSA) is 58.7 Å². The summed E-state index contributed by atoms with van der Waals surface area (Å²) in [4.78, 5) is 10.5. The summed E-state index contributed by atoms with van der Waals surface area (Å²) in [5.74, 6) is 0. The Morgan fingerprint density at radius 2 is 2.18 bits per heavy atom. The number of nitrogens with zero attached hydrogens (tertiary/aromatic N) is 2. The van der Waals surface area contributed by atoms with Gasteiger partial charge in [-0.2, -0.15) is 10.1 Å². The Hall–Kier alpha value is -0.740. The van der Waals surface area contributed by atoms with Gasteiger partial charge in [-0.1, -0.05) is 23.2 Å². The summed E-state index contributed by atoms with van der Waals surface area (Å²) in [6.07, 6.45) is 2.49. The van der Waals surface area contributed by atoms with Gasteiger partial charge in [0, 0.05) is 6.21 Å². The molecule has 0 fully saturated rings. The van der Waals surface area contributed by atoms with E-state index in [2.05, 4.69) is 5.10 Å². The fourth-order valence-corrected chi connectivity index (χ4v) is 0.556. The number of urea groups is 1. The van der Waals surface area contributed by atoms with Crippen molar-refractivity contribution < 1.29 is 4.79 Å². The van der Waals surface area contributed by atoms with Gasteiger partial charge in [0.25, 0.3) is 0 Å². The monoisotopic (exact) mass is 195 g/mol. The minimum Gasteiger partial charge on any atom is -0.350 e. The first kappa shape index (κ1) is 10.3. The largest absolute Gasteiger partial charge is 0.350 e. The molecular formula is C5H7Cl2N3O.